The maximum Gasteiger partial charge on any atom is 0.323 e. The van der Waals surface area contributed by atoms with Crippen molar-refractivity contribution in [1.29, 1.82) is 0 Å². The zero-order chi connectivity index (χ0) is 15.5. The van der Waals surface area contributed by atoms with Crippen molar-refractivity contribution in [3.8, 4) is 0 Å². The summed E-state index contributed by atoms with van der Waals surface area (Å²) in [6.45, 7) is 4.80. The lowest BCUT2D eigenvalue weighted by molar-refractivity contribution is -0.146. The van der Waals surface area contributed by atoms with E-state index in [4.69, 9.17) is 9.47 Å². The lowest BCUT2D eigenvalue weighted by Crippen LogP contribution is -2.52. The second-order valence-electron chi connectivity index (χ2n) is 5.95. The third kappa shape index (κ3) is 3.36. The fourth-order valence-electron chi connectivity index (χ4n) is 3.07. The quantitative estimate of drug-likeness (QED) is 0.742. The SMILES string of the molecule is C[C@@H]1C[C@@H](N2CCO[C@H](CN(C)c3cccnn3)C2)C(=O)O1. The molecule has 2 aliphatic heterocycles. The summed E-state index contributed by atoms with van der Waals surface area (Å²) in [4.78, 5) is 16.1. The molecule has 1 aromatic heterocycles. The molecule has 3 heterocycles. The number of carbonyl (C=O) groups excluding carboxylic acids is 1. The predicted octanol–water partition coefficient (Wildman–Crippen LogP) is 0.318. The Morgan fingerprint density at radius 1 is 1.50 bits per heavy atom. The fraction of sp³-hybridized carbons (Fsp3) is 0.667. The van der Waals surface area contributed by atoms with Crippen molar-refractivity contribution in [2.45, 2.75) is 31.6 Å². The summed E-state index contributed by atoms with van der Waals surface area (Å²) in [5.74, 6) is 0.715. The van der Waals surface area contributed by atoms with E-state index in [0.717, 1.165) is 25.3 Å². The first-order valence-corrected chi connectivity index (χ1v) is 7.68. The summed E-state index contributed by atoms with van der Waals surface area (Å²) in [5, 5.41) is 7.99. The normalized spacial score (nSPS) is 29.4. The van der Waals surface area contributed by atoms with E-state index in [1.165, 1.54) is 0 Å². The lowest BCUT2D eigenvalue weighted by Gasteiger charge is -2.36. The number of ether oxygens (including phenoxy) is 2. The Labute approximate surface area is 130 Å². The van der Waals surface area contributed by atoms with Crippen molar-refractivity contribution < 1.29 is 14.3 Å². The van der Waals surface area contributed by atoms with Crippen molar-refractivity contribution in [2.75, 3.05) is 38.2 Å². The largest absolute Gasteiger partial charge is 0.461 e. The summed E-state index contributed by atoms with van der Waals surface area (Å²) in [5.41, 5.74) is 0. The molecule has 7 heteroatoms. The molecule has 1 aromatic rings. The molecule has 0 saturated carbocycles. The molecule has 0 radical (unpaired) electrons. The molecule has 0 aromatic carbocycles. The molecule has 2 aliphatic rings. The van der Waals surface area contributed by atoms with Crippen LogP contribution < -0.4 is 4.90 Å². The Kier molecular flexibility index (Phi) is 4.54. The van der Waals surface area contributed by atoms with Gasteiger partial charge in [0.05, 0.1) is 12.7 Å². The number of cyclic esters (lactones) is 1. The van der Waals surface area contributed by atoms with E-state index in [2.05, 4.69) is 15.1 Å². The molecule has 0 aliphatic carbocycles. The molecule has 0 N–H and O–H groups in total. The highest BCUT2D eigenvalue weighted by molar-refractivity contribution is 5.78. The zero-order valence-electron chi connectivity index (χ0n) is 13.0. The average molecular weight is 306 g/mol. The average Bonchev–Trinajstić information content (AvgIpc) is 2.87. The molecule has 22 heavy (non-hydrogen) atoms. The number of esters is 1. The molecule has 2 fully saturated rings. The summed E-state index contributed by atoms with van der Waals surface area (Å²) in [6.07, 6.45) is 2.49. The van der Waals surface area contributed by atoms with Gasteiger partial charge in [0.1, 0.15) is 12.1 Å². The van der Waals surface area contributed by atoms with Gasteiger partial charge in [0, 0.05) is 39.3 Å². The summed E-state index contributed by atoms with van der Waals surface area (Å²) < 4.78 is 11.1. The minimum atomic E-state index is -0.122. The van der Waals surface area contributed by atoms with Gasteiger partial charge in [-0.2, -0.15) is 5.10 Å². The first-order chi connectivity index (χ1) is 10.6. The number of morpholine rings is 1. The number of likely N-dealkylation sites (N-methyl/N-ethyl adjacent to an activating group) is 1. The standard InChI is InChI=1S/C15H22N4O3/c1-11-8-13(15(20)22-11)19-6-7-21-12(10-19)9-18(2)14-4-3-5-16-17-14/h3-5,11-13H,6-10H2,1-2H3/t11-,12-,13-/m1/s1. The Morgan fingerprint density at radius 2 is 2.36 bits per heavy atom. The molecule has 0 amide bonds. The number of hydrogen-bond acceptors (Lipinski definition) is 7. The highest BCUT2D eigenvalue weighted by Crippen LogP contribution is 2.22. The molecule has 7 nitrogen and oxygen atoms in total. The number of hydrogen-bond donors (Lipinski definition) is 0. The lowest BCUT2D eigenvalue weighted by atomic mass is 10.1. The number of rotatable bonds is 4. The van der Waals surface area contributed by atoms with Gasteiger partial charge in [-0.05, 0) is 19.1 Å². The van der Waals surface area contributed by atoms with Crippen LogP contribution in [0.5, 0.6) is 0 Å². The van der Waals surface area contributed by atoms with Crippen LogP contribution in [0.4, 0.5) is 5.82 Å². The van der Waals surface area contributed by atoms with Crippen molar-refractivity contribution in [3.05, 3.63) is 18.3 Å². The van der Waals surface area contributed by atoms with Gasteiger partial charge in [-0.1, -0.05) is 0 Å². The maximum atomic E-state index is 11.9. The van der Waals surface area contributed by atoms with E-state index in [1.807, 2.05) is 31.0 Å². The van der Waals surface area contributed by atoms with Gasteiger partial charge in [-0.3, -0.25) is 9.69 Å². The first-order valence-electron chi connectivity index (χ1n) is 7.68. The van der Waals surface area contributed by atoms with E-state index in [0.29, 0.717) is 13.2 Å². The van der Waals surface area contributed by atoms with Crippen LogP contribution in [-0.2, 0) is 14.3 Å². The van der Waals surface area contributed by atoms with E-state index in [-0.39, 0.29) is 24.2 Å². The second-order valence-corrected chi connectivity index (χ2v) is 5.95. The van der Waals surface area contributed by atoms with E-state index in [1.54, 1.807) is 6.20 Å². The Balaban J connectivity index is 1.58. The Morgan fingerprint density at radius 3 is 3.05 bits per heavy atom. The molecule has 0 spiro atoms. The highest BCUT2D eigenvalue weighted by Gasteiger charge is 2.38. The fourth-order valence-corrected chi connectivity index (χ4v) is 3.07. The maximum absolute atomic E-state index is 11.9. The summed E-state index contributed by atoms with van der Waals surface area (Å²) >= 11 is 0. The van der Waals surface area contributed by atoms with Gasteiger partial charge < -0.3 is 14.4 Å². The monoisotopic (exact) mass is 306 g/mol. The number of anilines is 1. The third-order valence-corrected chi connectivity index (χ3v) is 4.18. The summed E-state index contributed by atoms with van der Waals surface area (Å²) in [6, 6.07) is 3.66. The molecule has 120 valence electrons. The molecular formula is C15H22N4O3. The molecule has 2 saturated heterocycles. The Hall–Kier alpha value is -1.73. The van der Waals surface area contributed by atoms with Crippen LogP contribution in [0.15, 0.2) is 18.3 Å². The van der Waals surface area contributed by atoms with Gasteiger partial charge >= 0.3 is 5.97 Å². The molecule has 0 unspecified atom stereocenters. The van der Waals surface area contributed by atoms with E-state index in [9.17, 15) is 4.79 Å². The Bertz CT molecular complexity index is 513. The molecule has 3 rings (SSSR count). The molecule has 0 bridgehead atoms. The number of aromatic nitrogens is 2. The topological polar surface area (TPSA) is 67.8 Å². The van der Waals surface area contributed by atoms with Crippen LogP contribution in [-0.4, -0.2) is 72.6 Å². The van der Waals surface area contributed by atoms with Crippen molar-refractivity contribution in [2.24, 2.45) is 0 Å². The molecule has 3 atom stereocenters. The van der Waals surface area contributed by atoms with Crippen LogP contribution >= 0.6 is 0 Å². The van der Waals surface area contributed by atoms with Crippen molar-refractivity contribution >= 4 is 11.8 Å². The van der Waals surface area contributed by atoms with Crippen LogP contribution in [0.1, 0.15) is 13.3 Å². The smallest absolute Gasteiger partial charge is 0.323 e. The van der Waals surface area contributed by atoms with Gasteiger partial charge in [-0.25, -0.2) is 0 Å². The van der Waals surface area contributed by atoms with Gasteiger partial charge in [0.25, 0.3) is 0 Å². The van der Waals surface area contributed by atoms with E-state index >= 15 is 0 Å². The first kappa shape index (κ1) is 15.2. The van der Waals surface area contributed by atoms with Crippen LogP contribution in [0.25, 0.3) is 0 Å². The number of nitrogens with zero attached hydrogens (tertiary/aromatic N) is 4. The van der Waals surface area contributed by atoms with E-state index < -0.39 is 0 Å². The minimum Gasteiger partial charge on any atom is -0.461 e. The summed E-state index contributed by atoms with van der Waals surface area (Å²) in [7, 11) is 1.97. The third-order valence-electron chi connectivity index (χ3n) is 4.18. The van der Waals surface area contributed by atoms with Crippen LogP contribution in [0.3, 0.4) is 0 Å². The van der Waals surface area contributed by atoms with Crippen LogP contribution in [0, 0.1) is 0 Å². The predicted molar refractivity (Wildman–Crippen MR) is 80.6 cm³/mol. The minimum absolute atomic E-state index is 0.0149. The van der Waals surface area contributed by atoms with Gasteiger partial charge in [-0.15, -0.1) is 5.10 Å². The number of carbonyl (C=O) groups is 1. The highest BCUT2D eigenvalue weighted by atomic mass is 16.6. The van der Waals surface area contributed by atoms with Crippen molar-refractivity contribution in [3.63, 3.8) is 0 Å². The zero-order valence-corrected chi connectivity index (χ0v) is 13.0. The van der Waals surface area contributed by atoms with Crippen LogP contribution in [0.2, 0.25) is 0 Å². The second kappa shape index (κ2) is 6.58. The van der Waals surface area contributed by atoms with Gasteiger partial charge in [0.2, 0.25) is 0 Å². The van der Waals surface area contributed by atoms with Crippen molar-refractivity contribution in [1.82, 2.24) is 15.1 Å². The van der Waals surface area contributed by atoms with Gasteiger partial charge in [0.15, 0.2) is 5.82 Å². The molecular weight excluding hydrogens is 284 g/mol.